The van der Waals surface area contributed by atoms with E-state index < -0.39 is 6.04 Å². The molecule has 1 aromatic carbocycles. The molecule has 3 atom stereocenters. The monoisotopic (exact) mass is 358 g/mol. The number of Topliss-reactive ketones (excluding diaryl/α,β-unsaturated/α-hetero) is 1. The van der Waals surface area contributed by atoms with Gasteiger partial charge in [0.2, 0.25) is 5.91 Å². The highest BCUT2D eigenvalue weighted by molar-refractivity contribution is 6.05. The molecule has 0 aliphatic carbocycles. The van der Waals surface area contributed by atoms with Crippen LogP contribution in [0.3, 0.4) is 0 Å². The summed E-state index contributed by atoms with van der Waals surface area (Å²) in [6.07, 6.45) is 1.11. The number of anilines is 1. The zero-order valence-corrected chi connectivity index (χ0v) is 15.8. The number of amides is 2. The molecule has 140 valence electrons. The number of ketones is 1. The van der Waals surface area contributed by atoms with Crippen LogP contribution in [0.15, 0.2) is 18.2 Å². The minimum absolute atomic E-state index is 0.0576. The molecule has 0 radical (unpaired) electrons. The number of nitrogens with zero attached hydrogens (tertiary/aromatic N) is 2. The zero-order chi connectivity index (χ0) is 19.0. The average Bonchev–Trinajstić information content (AvgIpc) is 2.59. The molecule has 3 rings (SSSR count). The van der Waals surface area contributed by atoms with E-state index in [1.807, 2.05) is 4.90 Å². The van der Waals surface area contributed by atoms with Crippen LogP contribution in [-0.2, 0) is 9.59 Å². The fourth-order valence-electron chi connectivity index (χ4n) is 4.03. The van der Waals surface area contributed by atoms with Crippen LogP contribution in [0.5, 0.6) is 5.75 Å². The van der Waals surface area contributed by atoms with Crippen LogP contribution in [0.25, 0.3) is 0 Å². The second-order valence-corrected chi connectivity index (χ2v) is 7.66. The molecular formula is C20H26N2O4. The van der Waals surface area contributed by atoms with Crippen LogP contribution >= 0.6 is 0 Å². The fraction of sp³-hybridized carbons (Fsp3) is 0.550. The van der Waals surface area contributed by atoms with Crippen LogP contribution < -0.4 is 9.64 Å². The number of rotatable bonds is 3. The lowest BCUT2D eigenvalue weighted by atomic mass is 9.91. The Bertz CT molecular complexity index is 735. The first-order chi connectivity index (χ1) is 12.3. The minimum atomic E-state index is -0.634. The van der Waals surface area contributed by atoms with E-state index in [0.717, 1.165) is 6.42 Å². The van der Waals surface area contributed by atoms with Gasteiger partial charge in [-0.2, -0.15) is 0 Å². The third kappa shape index (κ3) is 3.45. The number of fused-ring (bicyclic) bond motifs is 1. The second kappa shape index (κ2) is 7.09. The highest BCUT2D eigenvalue weighted by atomic mass is 16.5. The molecule has 0 N–H and O–H groups in total. The average molecular weight is 358 g/mol. The van der Waals surface area contributed by atoms with E-state index in [0.29, 0.717) is 41.9 Å². The largest absolute Gasteiger partial charge is 0.482 e. The fourth-order valence-corrected chi connectivity index (χ4v) is 4.03. The third-order valence-corrected chi connectivity index (χ3v) is 5.17. The Kier molecular flexibility index (Phi) is 5.03. The van der Waals surface area contributed by atoms with Gasteiger partial charge in [-0.25, -0.2) is 0 Å². The van der Waals surface area contributed by atoms with E-state index in [1.54, 1.807) is 25.1 Å². The van der Waals surface area contributed by atoms with E-state index in [-0.39, 0.29) is 24.2 Å². The molecule has 0 saturated carbocycles. The normalized spacial score (nSPS) is 23.9. The summed E-state index contributed by atoms with van der Waals surface area (Å²) in [7, 11) is 0. The highest BCUT2D eigenvalue weighted by Crippen LogP contribution is 2.35. The Morgan fingerprint density at radius 2 is 1.85 bits per heavy atom. The molecule has 3 unspecified atom stereocenters. The molecule has 6 heteroatoms. The van der Waals surface area contributed by atoms with E-state index in [9.17, 15) is 14.4 Å². The number of carbonyl (C=O) groups excluding carboxylic acids is 3. The number of piperidine rings is 1. The van der Waals surface area contributed by atoms with Crippen molar-refractivity contribution < 1.29 is 19.1 Å². The van der Waals surface area contributed by atoms with Crippen LogP contribution in [0.2, 0.25) is 0 Å². The molecule has 1 fully saturated rings. The van der Waals surface area contributed by atoms with E-state index in [2.05, 4.69) is 13.8 Å². The molecule has 2 amide bonds. The van der Waals surface area contributed by atoms with Gasteiger partial charge >= 0.3 is 0 Å². The van der Waals surface area contributed by atoms with Crippen molar-refractivity contribution in [1.29, 1.82) is 0 Å². The van der Waals surface area contributed by atoms with Crippen molar-refractivity contribution in [2.45, 2.75) is 40.2 Å². The predicted molar refractivity (Wildman–Crippen MR) is 98.4 cm³/mol. The van der Waals surface area contributed by atoms with Crippen LogP contribution in [0, 0.1) is 11.8 Å². The molecule has 26 heavy (non-hydrogen) atoms. The maximum absolute atomic E-state index is 13.1. The quantitative estimate of drug-likeness (QED) is 0.779. The molecule has 0 bridgehead atoms. The Labute approximate surface area is 154 Å². The van der Waals surface area contributed by atoms with Crippen LogP contribution in [0.1, 0.15) is 44.5 Å². The first-order valence-electron chi connectivity index (χ1n) is 9.16. The predicted octanol–water partition coefficient (Wildman–Crippen LogP) is 2.51. The topological polar surface area (TPSA) is 66.9 Å². The van der Waals surface area contributed by atoms with Gasteiger partial charge in [-0.15, -0.1) is 0 Å². The lowest BCUT2D eigenvalue weighted by Gasteiger charge is -2.40. The minimum Gasteiger partial charge on any atom is -0.482 e. The van der Waals surface area contributed by atoms with Crippen molar-refractivity contribution >= 4 is 23.3 Å². The summed E-state index contributed by atoms with van der Waals surface area (Å²) >= 11 is 0. The zero-order valence-electron chi connectivity index (χ0n) is 15.8. The first-order valence-corrected chi connectivity index (χ1v) is 9.16. The molecule has 0 spiro atoms. The molecule has 0 aromatic heterocycles. The van der Waals surface area contributed by atoms with Crippen LogP contribution in [0.4, 0.5) is 5.69 Å². The Balaban J connectivity index is 1.90. The smallest absolute Gasteiger partial charge is 0.265 e. The van der Waals surface area contributed by atoms with Gasteiger partial charge in [-0.1, -0.05) is 13.8 Å². The number of ether oxygens (including phenoxy) is 1. The molecule has 6 nitrogen and oxygen atoms in total. The van der Waals surface area contributed by atoms with Crippen LogP contribution in [-0.4, -0.2) is 48.2 Å². The van der Waals surface area contributed by atoms with Crippen molar-refractivity contribution in [3.05, 3.63) is 23.8 Å². The number of benzene rings is 1. The van der Waals surface area contributed by atoms with Gasteiger partial charge in [-0.05, 0) is 50.3 Å². The molecule has 2 aliphatic heterocycles. The maximum atomic E-state index is 13.1. The lowest BCUT2D eigenvalue weighted by molar-refractivity contribution is -0.137. The maximum Gasteiger partial charge on any atom is 0.265 e. The second-order valence-electron chi connectivity index (χ2n) is 7.66. The van der Waals surface area contributed by atoms with E-state index in [1.165, 1.54) is 11.8 Å². The third-order valence-electron chi connectivity index (χ3n) is 5.17. The van der Waals surface area contributed by atoms with E-state index >= 15 is 0 Å². The SMILES string of the molecule is CC(=O)c1ccc2c(c1)N(C(C)C(=O)N1CC(C)CC(C)C1)C(=O)CO2. The summed E-state index contributed by atoms with van der Waals surface area (Å²) in [4.78, 5) is 40.7. The van der Waals surface area contributed by atoms with Gasteiger partial charge in [0.15, 0.2) is 12.4 Å². The summed E-state index contributed by atoms with van der Waals surface area (Å²) in [6, 6.07) is 4.37. The summed E-state index contributed by atoms with van der Waals surface area (Å²) < 4.78 is 5.48. The van der Waals surface area contributed by atoms with Crippen molar-refractivity contribution in [2.24, 2.45) is 11.8 Å². The van der Waals surface area contributed by atoms with Gasteiger partial charge in [0, 0.05) is 18.7 Å². The van der Waals surface area contributed by atoms with Crippen molar-refractivity contribution in [1.82, 2.24) is 4.90 Å². The number of likely N-dealkylation sites (tertiary alicyclic amines) is 1. The Morgan fingerprint density at radius 1 is 1.19 bits per heavy atom. The molecule has 2 aliphatic rings. The van der Waals surface area contributed by atoms with Crippen molar-refractivity contribution in [3.63, 3.8) is 0 Å². The number of hydrogen-bond donors (Lipinski definition) is 0. The molecule has 2 heterocycles. The number of carbonyl (C=O) groups is 3. The van der Waals surface area contributed by atoms with Gasteiger partial charge in [0.1, 0.15) is 11.8 Å². The summed E-state index contributed by atoms with van der Waals surface area (Å²) in [5.74, 6) is 1.01. The van der Waals surface area contributed by atoms with Gasteiger partial charge in [-0.3, -0.25) is 19.3 Å². The van der Waals surface area contributed by atoms with Gasteiger partial charge < -0.3 is 9.64 Å². The summed E-state index contributed by atoms with van der Waals surface area (Å²) in [5.41, 5.74) is 0.986. The Hall–Kier alpha value is -2.37. The summed E-state index contributed by atoms with van der Waals surface area (Å²) in [6.45, 7) is 8.85. The Morgan fingerprint density at radius 3 is 2.46 bits per heavy atom. The van der Waals surface area contributed by atoms with Crippen molar-refractivity contribution in [3.8, 4) is 5.75 Å². The van der Waals surface area contributed by atoms with E-state index in [4.69, 9.17) is 4.74 Å². The lowest BCUT2D eigenvalue weighted by Crippen LogP contribution is -2.55. The molecule has 1 aromatic rings. The van der Waals surface area contributed by atoms with Gasteiger partial charge in [0.05, 0.1) is 5.69 Å². The van der Waals surface area contributed by atoms with Gasteiger partial charge in [0.25, 0.3) is 5.91 Å². The number of hydrogen-bond acceptors (Lipinski definition) is 4. The highest BCUT2D eigenvalue weighted by Gasteiger charge is 2.37. The first kappa shape index (κ1) is 18.4. The molecule has 1 saturated heterocycles. The van der Waals surface area contributed by atoms with Crippen molar-refractivity contribution in [2.75, 3.05) is 24.6 Å². The standard InChI is InChI=1S/C20H26N2O4/c1-12-7-13(2)10-21(9-12)20(25)14(3)22-17-8-16(15(4)23)5-6-18(17)26-11-19(22)24/h5-6,8,12-14H,7,9-11H2,1-4H3. The molecular weight excluding hydrogens is 332 g/mol. The summed E-state index contributed by atoms with van der Waals surface area (Å²) in [5, 5.41) is 0.